The average Bonchev–Trinajstić information content (AvgIpc) is 2.68. The molecule has 0 spiro atoms. The summed E-state index contributed by atoms with van der Waals surface area (Å²) in [4.78, 5) is 17.2. The van der Waals surface area contributed by atoms with Crippen LogP contribution in [0.2, 0.25) is 0 Å². The average molecular weight is 374 g/mol. The summed E-state index contributed by atoms with van der Waals surface area (Å²) in [6, 6.07) is 8.40. The number of ether oxygens (including phenoxy) is 1. The van der Waals surface area contributed by atoms with Crippen LogP contribution in [0, 0.1) is 11.8 Å². The molecule has 1 aromatic rings. The maximum atomic E-state index is 12.3. The third-order valence-electron chi connectivity index (χ3n) is 5.60. The molecular weight excluding hydrogens is 338 g/mol. The number of benzene rings is 1. The number of piperidine rings is 1. The van der Waals surface area contributed by atoms with Crippen LogP contribution in [0.1, 0.15) is 32.3 Å². The Kier molecular flexibility index (Phi) is 7.53. The lowest BCUT2D eigenvalue weighted by molar-refractivity contribution is -0.120. The molecule has 0 atom stereocenters. The van der Waals surface area contributed by atoms with Crippen molar-refractivity contribution < 1.29 is 9.53 Å². The zero-order chi connectivity index (χ0) is 19.1. The number of morpholine rings is 1. The fraction of sp³-hybridized carbons (Fsp3) is 0.682. The van der Waals surface area contributed by atoms with Crippen LogP contribution < -0.4 is 10.2 Å². The van der Waals surface area contributed by atoms with Gasteiger partial charge in [-0.15, -0.1) is 0 Å². The van der Waals surface area contributed by atoms with Gasteiger partial charge in [0.15, 0.2) is 0 Å². The number of anilines is 1. The van der Waals surface area contributed by atoms with E-state index in [1.807, 2.05) is 0 Å². The van der Waals surface area contributed by atoms with Crippen molar-refractivity contribution in [1.82, 2.24) is 10.2 Å². The molecule has 1 amide bonds. The molecule has 150 valence electrons. The third kappa shape index (κ3) is 6.51. The van der Waals surface area contributed by atoms with Crippen LogP contribution in [-0.2, 0) is 16.0 Å². The molecule has 2 aliphatic rings. The van der Waals surface area contributed by atoms with Crippen LogP contribution in [0.5, 0.6) is 0 Å². The molecule has 5 nitrogen and oxygen atoms in total. The minimum Gasteiger partial charge on any atom is -0.378 e. The maximum absolute atomic E-state index is 12.3. The molecule has 0 unspecified atom stereocenters. The monoisotopic (exact) mass is 373 g/mol. The molecule has 0 radical (unpaired) electrons. The standard InChI is InChI=1S/C22H35N3O2/c1-18(2)17-24-9-7-20(8-10-24)16-23-22(26)15-19-3-5-21(6-4-19)25-11-13-27-14-12-25/h3-6,18,20H,7-17H2,1-2H3,(H,23,26). The number of nitrogens with zero attached hydrogens (tertiary/aromatic N) is 2. The van der Waals surface area contributed by atoms with Gasteiger partial charge in [0, 0.05) is 31.9 Å². The second-order valence-corrected chi connectivity index (χ2v) is 8.38. The highest BCUT2D eigenvalue weighted by Crippen LogP contribution is 2.18. The van der Waals surface area contributed by atoms with Gasteiger partial charge in [-0.3, -0.25) is 4.79 Å². The molecule has 1 aromatic carbocycles. The van der Waals surface area contributed by atoms with Gasteiger partial charge in [-0.2, -0.15) is 0 Å². The van der Waals surface area contributed by atoms with E-state index in [0.29, 0.717) is 12.3 Å². The zero-order valence-electron chi connectivity index (χ0n) is 17.0. The molecule has 5 heteroatoms. The van der Waals surface area contributed by atoms with Crippen LogP contribution in [0.3, 0.4) is 0 Å². The number of hydrogen-bond acceptors (Lipinski definition) is 4. The van der Waals surface area contributed by atoms with E-state index in [1.54, 1.807) is 0 Å². The Morgan fingerprint density at radius 3 is 2.41 bits per heavy atom. The first-order valence-electron chi connectivity index (χ1n) is 10.5. The van der Waals surface area contributed by atoms with Gasteiger partial charge in [-0.1, -0.05) is 26.0 Å². The van der Waals surface area contributed by atoms with E-state index in [9.17, 15) is 4.79 Å². The van der Waals surface area contributed by atoms with E-state index >= 15 is 0 Å². The molecule has 2 saturated heterocycles. The molecule has 2 fully saturated rings. The van der Waals surface area contributed by atoms with E-state index < -0.39 is 0 Å². The molecule has 2 heterocycles. The summed E-state index contributed by atoms with van der Waals surface area (Å²) in [6.45, 7) is 12.4. The highest BCUT2D eigenvalue weighted by molar-refractivity contribution is 5.78. The van der Waals surface area contributed by atoms with E-state index in [1.165, 1.54) is 38.2 Å². The molecule has 27 heavy (non-hydrogen) atoms. The largest absolute Gasteiger partial charge is 0.378 e. The fourth-order valence-electron chi connectivity index (χ4n) is 4.04. The summed E-state index contributed by atoms with van der Waals surface area (Å²) in [5.41, 5.74) is 2.30. The predicted octanol–water partition coefficient (Wildman–Crippen LogP) is 2.55. The first kappa shape index (κ1) is 20.2. The van der Waals surface area contributed by atoms with Gasteiger partial charge < -0.3 is 19.9 Å². The molecule has 3 rings (SSSR count). The van der Waals surface area contributed by atoms with Gasteiger partial charge in [0.25, 0.3) is 0 Å². The topological polar surface area (TPSA) is 44.8 Å². The van der Waals surface area contributed by atoms with E-state index in [0.717, 1.165) is 44.3 Å². The van der Waals surface area contributed by atoms with E-state index in [4.69, 9.17) is 4.74 Å². The number of hydrogen-bond donors (Lipinski definition) is 1. The number of likely N-dealkylation sites (tertiary alicyclic amines) is 1. The van der Waals surface area contributed by atoms with E-state index in [-0.39, 0.29) is 5.91 Å². The van der Waals surface area contributed by atoms with Gasteiger partial charge in [0.05, 0.1) is 19.6 Å². The van der Waals surface area contributed by atoms with Crippen LogP contribution in [-0.4, -0.2) is 63.3 Å². The second-order valence-electron chi connectivity index (χ2n) is 8.38. The van der Waals surface area contributed by atoms with Crippen molar-refractivity contribution in [3.8, 4) is 0 Å². The van der Waals surface area contributed by atoms with Crippen LogP contribution >= 0.6 is 0 Å². The SMILES string of the molecule is CC(C)CN1CCC(CNC(=O)Cc2ccc(N3CCOCC3)cc2)CC1. The van der Waals surface area contributed by atoms with Gasteiger partial charge in [-0.25, -0.2) is 0 Å². The number of carbonyl (C=O) groups excluding carboxylic acids is 1. The first-order chi connectivity index (χ1) is 13.1. The highest BCUT2D eigenvalue weighted by atomic mass is 16.5. The highest BCUT2D eigenvalue weighted by Gasteiger charge is 2.20. The summed E-state index contributed by atoms with van der Waals surface area (Å²) in [7, 11) is 0. The maximum Gasteiger partial charge on any atom is 0.224 e. The number of amides is 1. The normalized spacial score (nSPS) is 19.4. The van der Waals surface area contributed by atoms with Crippen molar-refractivity contribution in [1.29, 1.82) is 0 Å². The van der Waals surface area contributed by atoms with Crippen molar-refractivity contribution in [2.75, 3.05) is 57.4 Å². The Morgan fingerprint density at radius 2 is 1.78 bits per heavy atom. The molecule has 1 N–H and O–H groups in total. The van der Waals surface area contributed by atoms with Gasteiger partial charge in [-0.05, 0) is 55.5 Å². The number of rotatable bonds is 7. The Hall–Kier alpha value is -1.59. The van der Waals surface area contributed by atoms with Crippen LogP contribution in [0.4, 0.5) is 5.69 Å². The molecule has 0 aromatic heterocycles. The lowest BCUT2D eigenvalue weighted by atomic mass is 9.96. The van der Waals surface area contributed by atoms with Gasteiger partial charge in [0.2, 0.25) is 5.91 Å². The Balaban J connectivity index is 1.37. The number of nitrogens with one attached hydrogen (secondary N) is 1. The van der Waals surface area contributed by atoms with Crippen molar-refractivity contribution in [3.63, 3.8) is 0 Å². The zero-order valence-corrected chi connectivity index (χ0v) is 17.0. The number of carbonyl (C=O) groups is 1. The summed E-state index contributed by atoms with van der Waals surface area (Å²) in [5.74, 6) is 1.50. The smallest absolute Gasteiger partial charge is 0.224 e. The van der Waals surface area contributed by atoms with Gasteiger partial charge >= 0.3 is 0 Å². The second kappa shape index (κ2) is 10.1. The third-order valence-corrected chi connectivity index (χ3v) is 5.60. The van der Waals surface area contributed by atoms with Crippen molar-refractivity contribution in [3.05, 3.63) is 29.8 Å². The lowest BCUT2D eigenvalue weighted by Crippen LogP contribution is -2.40. The molecular formula is C22H35N3O2. The van der Waals surface area contributed by atoms with Crippen molar-refractivity contribution >= 4 is 11.6 Å². The molecule has 2 aliphatic heterocycles. The Morgan fingerprint density at radius 1 is 1.11 bits per heavy atom. The molecule has 0 bridgehead atoms. The minimum atomic E-state index is 0.138. The molecule has 0 aliphatic carbocycles. The Bertz CT molecular complexity index is 574. The van der Waals surface area contributed by atoms with E-state index in [2.05, 4.69) is 53.2 Å². The predicted molar refractivity (Wildman–Crippen MR) is 110 cm³/mol. The minimum absolute atomic E-state index is 0.138. The summed E-state index contributed by atoms with van der Waals surface area (Å²) >= 11 is 0. The summed E-state index contributed by atoms with van der Waals surface area (Å²) in [5, 5.41) is 3.15. The van der Waals surface area contributed by atoms with Crippen molar-refractivity contribution in [2.45, 2.75) is 33.1 Å². The Labute approximate surface area is 164 Å². The first-order valence-corrected chi connectivity index (χ1v) is 10.5. The van der Waals surface area contributed by atoms with Gasteiger partial charge in [0.1, 0.15) is 0 Å². The fourth-order valence-corrected chi connectivity index (χ4v) is 4.04. The van der Waals surface area contributed by atoms with Crippen LogP contribution in [0.25, 0.3) is 0 Å². The van der Waals surface area contributed by atoms with Crippen LogP contribution in [0.15, 0.2) is 24.3 Å². The van der Waals surface area contributed by atoms with Crippen molar-refractivity contribution in [2.24, 2.45) is 11.8 Å². The summed E-state index contributed by atoms with van der Waals surface area (Å²) < 4.78 is 5.40. The quantitative estimate of drug-likeness (QED) is 0.798. The molecule has 0 saturated carbocycles. The lowest BCUT2D eigenvalue weighted by Gasteiger charge is -2.33. The summed E-state index contributed by atoms with van der Waals surface area (Å²) in [6.07, 6.45) is 2.86.